The van der Waals surface area contributed by atoms with Crippen LogP contribution >= 0.6 is 11.6 Å². The number of carbonyl (C=O) groups is 1. The first-order chi connectivity index (χ1) is 9.47. The minimum absolute atomic E-state index is 0.0240. The van der Waals surface area contributed by atoms with Crippen molar-refractivity contribution in [3.63, 3.8) is 0 Å². The predicted octanol–water partition coefficient (Wildman–Crippen LogP) is 1.89. The van der Waals surface area contributed by atoms with Gasteiger partial charge in [0, 0.05) is 31.3 Å². The first-order valence-electron chi connectivity index (χ1n) is 6.22. The van der Waals surface area contributed by atoms with Gasteiger partial charge in [0.25, 0.3) is 5.69 Å². The molecular weight excluding hydrogens is 284 g/mol. The van der Waals surface area contributed by atoms with Crippen LogP contribution in [0.1, 0.15) is 12.8 Å². The molecule has 3 N–H and O–H groups in total. The molecule has 1 aromatic carbocycles. The second kappa shape index (κ2) is 5.96. The van der Waals surface area contributed by atoms with E-state index in [0.29, 0.717) is 18.1 Å². The topological polar surface area (TPSA) is 102 Å². The molecule has 108 valence electrons. The minimum atomic E-state index is -0.517. The largest absolute Gasteiger partial charge is 0.370 e. The Bertz CT molecular complexity index is 529. The lowest BCUT2D eigenvalue weighted by atomic mass is 10.0. The van der Waals surface area contributed by atoms with E-state index in [1.54, 1.807) is 6.07 Å². The zero-order chi connectivity index (χ0) is 14.7. The summed E-state index contributed by atoms with van der Waals surface area (Å²) in [5.41, 5.74) is 5.84. The van der Waals surface area contributed by atoms with E-state index in [4.69, 9.17) is 17.3 Å². The van der Waals surface area contributed by atoms with Crippen molar-refractivity contribution in [1.29, 1.82) is 0 Å². The van der Waals surface area contributed by atoms with E-state index in [9.17, 15) is 14.9 Å². The summed E-state index contributed by atoms with van der Waals surface area (Å²) in [6.45, 7) is 1.42. The number of urea groups is 1. The van der Waals surface area contributed by atoms with Crippen molar-refractivity contribution in [2.75, 3.05) is 18.0 Å². The fraction of sp³-hybridized carbons (Fsp3) is 0.417. The molecule has 0 unspecified atom stereocenters. The molecule has 0 aromatic heterocycles. The van der Waals surface area contributed by atoms with Gasteiger partial charge in [0.1, 0.15) is 0 Å². The van der Waals surface area contributed by atoms with Crippen molar-refractivity contribution in [2.45, 2.75) is 18.9 Å². The average Bonchev–Trinajstić information content (AvgIpc) is 2.39. The number of rotatable bonds is 3. The van der Waals surface area contributed by atoms with E-state index in [1.165, 1.54) is 12.1 Å². The highest BCUT2D eigenvalue weighted by molar-refractivity contribution is 6.33. The van der Waals surface area contributed by atoms with Gasteiger partial charge in [0.15, 0.2) is 0 Å². The standard InChI is InChI=1S/C12H15ClN4O3/c13-10-7-9(17(19)20)1-2-11(10)16-5-3-8(4-6-16)15-12(14)18/h1-2,7-8H,3-6H2,(H3,14,15,18). The summed E-state index contributed by atoms with van der Waals surface area (Å²) in [5, 5.41) is 13.7. The molecule has 1 aromatic rings. The first-order valence-corrected chi connectivity index (χ1v) is 6.60. The summed E-state index contributed by atoms with van der Waals surface area (Å²) >= 11 is 6.09. The number of nitro benzene ring substituents is 1. The predicted molar refractivity (Wildman–Crippen MR) is 76.1 cm³/mol. The number of non-ortho nitro benzene ring substituents is 1. The van der Waals surface area contributed by atoms with Crippen molar-refractivity contribution in [3.05, 3.63) is 33.3 Å². The monoisotopic (exact) mass is 298 g/mol. The van der Waals surface area contributed by atoms with Crippen molar-refractivity contribution in [2.24, 2.45) is 5.73 Å². The number of piperidine rings is 1. The lowest BCUT2D eigenvalue weighted by molar-refractivity contribution is -0.384. The molecule has 0 spiro atoms. The molecule has 1 saturated heterocycles. The molecule has 8 heteroatoms. The number of halogens is 1. The van der Waals surface area contributed by atoms with Gasteiger partial charge in [0.05, 0.1) is 15.6 Å². The highest BCUT2D eigenvalue weighted by Crippen LogP contribution is 2.31. The van der Waals surface area contributed by atoms with Crippen LogP contribution in [0.5, 0.6) is 0 Å². The van der Waals surface area contributed by atoms with Gasteiger partial charge in [-0.3, -0.25) is 10.1 Å². The number of nitrogens with two attached hydrogens (primary N) is 1. The summed E-state index contributed by atoms with van der Waals surface area (Å²) in [4.78, 5) is 23.0. The fourth-order valence-electron chi connectivity index (χ4n) is 2.33. The SMILES string of the molecule is NC(=O)NC1CCN(c2ccc([N+](=O)[O-])cc2Cl)CC1. The summed E-state index contributed by atoms with van der Waals surface area (Å²) in [6, 6.07) is 4.00. The van der Waals surface area contributed by atoms with Crippen LogP contribution in [0.3, 0.4) is 0 Å². The second-order valence-electron chi connectivity index (χ2n) is 4.66. The third-order valence-electron chi connectivity index (χ3n) is 3.32. The number of nitrogens with one attached hydrogen (secondary N) is 1. The van der Waals surface area contributed by atoms with Crippen molar-refractivity contribution >= 4 is 29.0 Å². The Morgan fingerprint density at radius 3 is 2.60 bits per heavy atom. The highest BCUT2D eigenvalue weighted by atomic mass is 35.5. The van der Waals surface area contributed by atoms with Gasteiger partial charge in [-0.05, 0) is 18.9 Å². The number of nitrogens with zero attached hydrogens (tertiary/aromatic N) is 2. The number of hydrogen-bond acceptors (Lipinski definition) is 4. The second-order valence-corrected chi connectivity index (χ2v) is 5.07. The minimum Gasteiger partial charge on any atom is -0.370 e. The molecule has 2 rings (SSSR count). The smallest absolute Gasteiger partial charge is 0.312 e. The number of nitro groups is 1. The van der Waals surface area contributed by atoms with Crippen LogP contribution < -0.4 is 16.0 Å². The quantitative estimate of drug-likeness (QED) is 0.657. The van der Waals surface area contributed by atoms with Gasteiger partial charge in [0.2, 0.25) is 0 Å². The Morgan fingerprint density at radius 1 is 1.45 bits per heavy atom. The molecule has 0 radical (unpaired) electrons. The lowest BCUT2D eigenvalue weighted by Gasteiger charge is -2.34. The van der Waals surface area contributed by atoms with E-state index in [0.717, 1.165) is 18.5 Å². The van der Waals surface area contributed by atoms with Crippen molar-refractivity contribution in [3.8, 4) is 0 Å². The highest BCUT2D eigenvalue weighted by Gasteiger charge is 2.22. The van der Waals surface area contributed by atoms with E-state index in [2.05, 4.69) is 5.32 Å². The number of anilines is 1. The van der Waals surface area contributed by atoms with Crippen LogP contribution in [0.25, 0.3) is 0 Å². The van der Waals surface area contributed by atoms with Crippen LogP contribution in [0.2, 0.25) is 5.02 Å². The zero-order valence-corrected chi connectivity index (χ0v) is 11.5. The normalized spacial score (nSPS) is 15.9. The maximum Gasteiger partial charge on any atom is 0.312 e. The molecule has 0 bridgehead atoms. The number of amides is 2. The summed E-state index contributed by atoms with van der Waals surface area (Å²) < 4.78 is 0. The van der Waals surface area contributed by atoms with Gasteiger partial charge >= 0.3 is 6.03 Å². The molecular formula is C12H15ClN4O3. The van der Waals surface area contributed by atoms with Crippen LogP contribution in [-0.2, 0) is 0 Å². The van der Waals surface area contributed by atoms with Crippen LogP contribution in [0.15, 0.2) is 18.2 Å². The Balaban J connectivity index is 2.03. The Hall–Kier alpha value is -2.02. The van der Waals surface area contributed by atoms with E-state index in [1.807, 2.05) is 4.90 Å². The van der Waals surface area contributed by atoms with Gasteiger partial charge in [-0.15, -0.1) is 0 Å². The van der Waals surface area contributed by atoms with Crippen LogP contribution in [-0.4, -0.2) is 30.1 Å². The molecule has 0 atom stereocenters. The maximum atomic E-state index is 10.8. The molecule has 1 fully saturated rings. The maximum absolute atomic E-state index is 10.8. The Morgan fingerprint density at radius 2 is 2.10 bits per heavy atom. The van der Waals surface area contributed by atoms with Gasteiger partial charge in [-0.25, -0.2) is 4.79 Å². The molecule has 0 saturated carbocycles. The Labute approximate surface area is 120 Å². The van der Waals surface area contributed by atoms with Gasteiger partial charge < -0.3 is 16.0 Å². The van der Waals surface area contributed by atoms with Crippen molar-refractivity contribution < 1.29 is 9.72 Å². The van der Waals surface area contributed by atoms with Gasteiger partial charge in [-0.1, -0.05) is 11.6 Å². The summed E-state index contributed by atoms with van der Waals surface area (Å²) in [6.07, 6.45) is 1.52. The third kappa shape index (κ3) is 3.30. The Kier molecular flexibility index (Phi) is 4.29. The number of hydrogen-bond donors (Lipinski definition) is 2. The molecule has 1 heterocycles. The van der Waals surface area contributed by atoms with E-state index < -0.39 is 11.0 Å². The number of primary amides is 1. The van der Waals surface area contributed by atoms with Gasteiger partial charge in [-0.2, -0.15) is 0 Å². The average molecular weight is 299 g/mol. The summed E-state index contributed by atoms with van der Waals surface area (Å²) in [5.74, 6) is 0. The van der Waals surface area contributed by atoms with E-state index >= 15 is 0 Å². The molecule has 2 amide bonds. The number of carbonyl (C=O) groups excluding carboxylic acids is 1. The zero-order valence-electron chi connectivity index (χ0n) is 10.7. The molecule has 0 aliphatic carbocycles. The molecule has 7 nitrogen and oxygen atoms in total. The third-order valence-corrected chi connectivity index (χ3v) is 3.63. The lowest BCUT2D eigenvalue weighted by Crippen LogP contribution is -2.46. The molecule has 1 aliphatic heterocycles. The molecule has 1 aliphatic rings. The van der Waals surface area contributed by atoms with E-state index in [-0.39, 0.29) is 11.7 Å². The summed E-state index contributed by atoms with van der Waals surface area (Å²) in [7, 11) is 0. The first kappa shape index (κ1) is 14.4. The van der Waals surface area contributed by atoms with Crippen LogP contribution in [0, 0.1) is 10.1 Å². The fourth-order valence-corrected chi connectivity index (χ4v) is 2.63. The number of benzene rings is 1. The van der Waals surface area contributed by atoms with Crippen LogP contribution in [0.4, 0.5) is 16.2 Å². The molecule has 20 heavy (non-hydrogen) atoms. The van der Waals surface area contributed by atoms with Crippen molar-refractivity contribution in [1.82, 2.24) is 5.32 Å².